The first-order valence-corrected chi connectivity index (χ1v) is 5.93. The molecule has 1 aromatic heterocycles. The van der Waals surface area contributed by atoms with Gasteiger partial charge in [-0.2, -0.15) is 0 Å². The molecular weight excluding hydrogens is 220 g/mol. The number of nitrogens with zero attached hydrogens (tertiary/aromatic N) is 1. The van der Waals surface area contributed by atoms with E-state index in [1.165, 1.54) is 4.57 Å². The Bertz CT molecular complexity index is 531. The van der Waals surface area contributed by atoms with Gasteiger partial charge >= 0.3 is 5.69 Å². The zero-order chi connectivity index (χ0) is 12.6. The lowest BCUT2D eigenvalue weighted by atomic mass is 10.4. The molecule has 2 atom stereocenters. The second-order valence-corrected chi connectivity index (χ2v) is 4.63. The van der Waals surface area contributed by atoms with Crippen molar-refractivity contribution in [3.05, 3.63) is 20.8 Å². The minimum atomic E-state index is -0.441. The molecule has 0 bridgehead atoms. The van der Waals surface area contributed by atoms with E-state index < -0.39 is 11.2 Å². The second kappa shape index (κ2) is 4.27. The summed E-state index contributed by atoms with van der Waals surface area (Å²) >= 11 is 0. The topological polar surface area (TPSA) is 92.9 Å². The maximum atomic E-state index is 11.7. The van der Waals surface area contributed by atoms with Crippen LogP contribution in [-0.2, 0) is 6.54 Å². The van der Waals surface area contributed by atoms with Gasteiger partial charge in [-0.1, -0.05) is 13.8 Å². The van der Waals surface area contributed by atoms with Gasteiger partial charge in [0.1, 0.15) is 11.5 Å². The standard InChI is InChI=1S/C11H18N4O2/c1-3-4-15-9(12)8(10(16)14-11(15)17)13-7-5-6(7)2/h6-7,13H,3-5,12H2,1-2H3,(H,14,16,17). The fraction of sp³-hybridized carbons (Fsp3) is 0.636. The van der Waals surface area contributed by atoms with Crippen LogP contribution in [0.15, 0.2) is 9.59 Å². The van der Waals surface area contributed by atoms with Gasteiger partial charge in [-0.05, 0) is 18.8 Å². The van der Waals surface area contributed by atoms with Crippen LogP contribution in [0.1, 0.15) is 26.7 Å². The predicted octanol–water partition coefficient (Wildman–Crippen LogP) is 0.349. The monoisotopic (exact) mass is 238 g/mol. The molecule has 4 N–H and O–H groups in total. The van der Waals surface area contributed by atoms with E-state index >= 15 is 0 Å². The van der Waals surface area contributed by atoms with Crippen LogP contribution >= 0.6 is 0 Å². The Balaban J connectivity index is 2.40. The number of aromatic nitrogens is 2. The van der Waals surface area contributed by atoms with Gasteiger partial charge in [0.2, 0.25) is 0 Å². The van der Waals surface area contributed by atoms with E-state index in [0.717, 1.165) is 12.8 Å². The Hall–Kier alpha value is -1.72. The second-order valence-electron chi connectivity index (χ2n) is 4.63. The van der Waals surface area contributed by atoms with Crippen LogP contribution < -0.4 is 22.3 Å². The van der Waals surface area contributed by atoms with Crippen molar-refractivity contribution >= 4 is 11.5 Å². The molecule has 6 heteroatoms. The van der Waals surface area contributed by atoms with Crippen molar-refractivity contribution in [1.82, 2.24) is 9.55 Å². The van der Waals surface area contributed by atoms with E-state index in [1.807, 2.05) is 6.92 Å². The SMILES string of the molecule is CCCn1c(N)c(NC2CC2C)c(=O)[nH]c1=O. The summed E-state index contributed by atoms with van der Waals surface area (Å²) < 4.78 is 1.40. The van der Waals surface area contributed by atoms with Gasteiger partial charge in [0, 0.05) is 12.6 Å². The zero-order valence-electron chi connectivity index (χ0n) is 10.1. The zero-order valence-corrected chi connectivity index (χ0v) is 10.1. The minimum absolute atomic E-state index is 0.236. The summed E-state index contributed by atoms with van der Waals surface area (Å²) in [6.45, 7) is 4.56. The fourth-order valence-corrected chi connectivity index (χ4v) is 1.88. The van der Waals surface area contributed by atoms with Crippen LogP contribution in [0.5, 0.6) is 0 Å². The van der Waals surface area contributed by atoms with Crippen molar-refractivity contribution in [1.29, 1.82) is 0 Å². The van der Waals surface area contributed by atoms with E-state index in [-0.39, 0.29) is 5.82 Å². The lowest BCUT2D eigenvalue weighted by Gasteiger charge is -2.12. The van der Waals surface area contributed by atoms with Crippen LogP contribution in [0, 0.1) is 5.92 Å². The van der Waals surface area contributed by atoms with E-state index in [9.17, 15) is 9.59 Å². The Labute approximate surface area is 98.8 Å². The van der Waals surface area contributed by atoms with Crippen molar-refractivity contribution in [2.24, 2.45) is 5.92 Å². The number of hydrogen-bond donors (Lipinski definition) is 3. The number of anilines is 2. The van der Waals surface area contributed by atoms with Gasteiger partial charge in [0.05, 0.1) is 0 Å². The third kappa shape index (κ3) is 2.20. The van der Waals surface area contributed by atoms with Crippen molar-refractivity contribution in [3.8, 4) is 0 Å². The smallest absolute Gasteiger partial charge is 0.330 e. The van der Waals surface area contributed by atoms with Gasteiger partial charge in [0.25, 0.3) is 5.56 Å². The summed E-state index contributed by atoms with van der Waals surface area (Å²) in [7, 11) is 0. The Morgan fingerprint density at radius 2 is 2.18 bits per heavy atom. The molecule has 94 valence electrons. The highest BCUT2D eigenvalue weighted by atomic mass is 16.2. The number of aromatic amines is 1. The number of hydrogen-bond acceptors (Lipinski definition) is 4. The third-order valence-electron chi connectivity index (χ3n) is 3.13. The molecule has 1 aliphatic rings. The molecule has 0 saturated heterocycles. The largest absolute Gasteiger partial charge is 0.383 e. The van der Waals surface area contributed by atoms with Crippen LogP contribution in [0.4, 0.5) is 11.5 Å². The molecule has 17 heavy (non-hydrogen) atoms. The first kappa shape index (κ1) is 11.8. The maximum absolute atomic E-state index is 11.7. The van der Waals surface area contributed by atoms with Crippen molar-refractivity contribution < 1.29 is 0 Å². The molecule has 1 heterocycles. The molecule has 1 saturated carbocycles. The number of nitrogen functional groups attached to an aromatic ring is 1. The highest BCUT2D eigenvalue weighted by Crippen LogP contribution is 2.32. The summed E-state index contributed by atoms with van der Waals surface area (Å²) in [5.41, 5.74) is 5.33. The van der Waals surface area contributed by atoms with Crippen LogP contribution in [0.2, 0.25) is 0 Å². The Morgan fingerprint density at radius 1 is 1.53 bits per heavy atom. The molecule has 1 fully saturated rings. The Kier molecular flexibility index (Phi) is 2.95. The number of H-pyrrole nitrogens is 1. The first-order chi connectivity index (χ1) is 8.04. The van der Waals surface area contributed by atoms with Crippen LogP contribution in [-0.4, -0.2) is 15.6 Å². The maximum Gasteiger partial charge on any atom is 0.330 e. The summed E-state index contributed by atoms with van der Waals surface area (Å²) in [6, 6.07) is 0.297. The Morgan fingerprint density at radius 3 is 2.71 bits per heavy atom. The first-order valence-electron chi connectivity index (χ1n) is 5.93. The molecule has 6 nitrogen and oxygen atoms in total. The van der Waals surface area contributed by atoms with E-state index in [4.69, 9.17) is 5.73 Å². The van der Waals surface area contributed by atoms with Gasteiger partial charge < -0.3 is 11.1 Å². The molecule has 2 rings (SSSR count). The average molecular weight is 238 g/mol. The molecule has 0 radical (unpaired) electrons. The third-order valence-corrected chi connectivity index (χ3v) is 3.13. The van der Waals surface area contributed by atoms with Gasteiger partial charge in [0.15, 0.2) is 0 Å². The lowest BCUT2D eigenvalue weighted by molar-refractivity contribution is 0.642. The van der Waals surface area contributed by atoms with Crippen LogP contribution in [0.25, 0.3) is 0 Å². The molecule has 0 spiro atoms. The van der Waals surface area contributed by atoms with Crippen molar-refractivity contribution in [2.45, 2.75) is 39.3 Å². The fourth-order valence-electron chi connectivity index (χ4n) is 1.88. The molecule has 0 amide bonds. The summed E-state index contributed by atoms with van der Waals surface area (Å²) in [6.07, 6.45) is 1.82. The normalized spacial score (nSPS) is 22.5. The minimum Gasteiger partial charge on any atom is -0.383 e. The average Bonchev–Trinajstić information content (AvgIpc) is 2.95. The van der Waals surface area contributed by atoms with Gasteiger partial charge in [-0.3, -0.25) is 14.3 Å². The molecule has 0 aromatic carbocycles. The summed E-state index contributed by atoms with van der Waals surface area (Å²) in [5.74, 6) is 0.792. The van der Waals surface area contributed by atoms with Crippen molar-refractivity contribution in [2.75, 3.05) is 11.1 Å². The van der Waals surface area contributed by atoms with E-state index in [0.29, 0.717) is 24.2 Å². The lowest BCUT2D eigenvalue weighted by Crippen LogP contribution is -2.34. The molecule has 1 aromatic rings. The highest BCUT2D eigenvalue weighted by Gasteiger charge is 2.33. The molecule has 0 aliphatic heterocycles. The van der Waals surface area contributed by atoms with Gasteiger partial charge in [-0.25, -0.2) is 4.79 Å². The number of nitrogens with one attached hydrogen (secondary N) is 2. The van der Waals surface area contributed by atoms with E-state index in [1.54, 1.807) is 0 Å². The highest BCUT2D eigenvalue weighted by molar-refractivity contribution is 5.61. The van der Waals surface area contributed by atoms with Crippen molar-refractivity contribution in [3.63, 3.8) is 0 Å². The number of rotatable bonds is 4. The molecule has 1 aliphatic carbocycles. The summed E-state index contributed by atoms with van der Waals surface area (Å²) in [4.78, 5) is 25.5. The quantitative estimate of drug-likeness (QED) is 0.705. The summed E-state index contributed by atoms with van der Waals surface area (Å²) in [5, 5.41) is 3.10. The molecular formula is C11H18N4O2. The van der Waals surface area contributed by atoms with Gasteiger partial charge in [-0.15, -0.1) is 0 Å². The van der Waals surface area contributed by atoms with Crippen LogP contribution in [0.3, 0.4) is 0 Å². The number of nitrogens with two attached hydrogens (primary N) is 1. The molecule has 2 unspecified atom stereocenters. The van der Waals surface area contributed by atoms with E-state index in [2.05, 4.69) is 17.2 Å². The predicted molar refractivity (Wildman–Crippen MR) is 67.2 cm³/mol.